The first-order valence-corrected chi connectivity index (χ1v) is 9.58. The minimum Gasteiger partial charge on any atom is -0.318 e. The number of aryl methyl sites for hydroxylation is 2. The number of carbonyl (C=O) groups is 1. The number of nitrogens with one attached hydrogen (secondary N) is 1. The van der Waals surface area contributed by atoms with Crippen molar-refractivity contribution in [2.75, 3.05) is 0 Å². The monoisotopic (exact) mass is 443 g/mol. The van der Waals surface area contributed by atoms with E-state index in [1.165, 1.54) is 0 Å². The highest BCUT2D eigenvalue weighted by atomic mass is 79.9. The number of amides is 1. The number of aromatic nitrogens is 1. The van der Waals surface area contributed by atoms with Crippen LogP contribution in [0.25, 0.3) is 5.69 Å². The van der Waals surface area contributed by atoms with Crippen LogP contribution >= 0.6 is 27.5 Å². The van der Waals surface area contributed by atoms with Gasteiger partial charge >= 0.3 is 0 Å². The third-order valence-corrected chi connectivity index (χ3v) is 5.07. The van der Waals surface area contributed by atoms with Crippen molar-refractivity contribution in [2.45, 2.75) is 20.8 Å². The third-order valence-electron chi connectivity index (χ3n) is 4.34. The summed E-state index contributed by atoms with van der Waals surface area (Å²) >= 11 is 9.53. The first-order valence-electron chi connectivity index (χ1n) is 8.41. The number of benzene rings is 2. The van der Waals surface area contributed by atoms with Crippen molar-refractivity contribution in [1.29, 1.82) is 0 Å². The molecule has 3 rings (SSSR count). The van der Waals surface area contributed by atoms with Crippen molar-refractivity contribution in [1.82, 2.24) is 9.99 Å². The summed E-state index contributed by atoms with van der Waals surface area (Å²) in [6.07, 6.45) is 1.66. The summed E-state index contributed by atoms with van der Waals surface area (Å²) in [6, 6.07) is 15.0. The first-order chi connectivity index (χ1) is 12.9. The van der Waals surface area contributed by atoms with Gasteiger partial charge in [-0.15, -0.1) is 0 Å². The van der Waals surface area contributed by atoms with Gasteiger partial charge in [-0.1, -0.05) is 39.7 Å². The zero-order chi connectivity index (χ0) is 19.6. The Hall–Kier alpha value is -2.37. The first kappa shape index (κ1) is 19.4. The predicted octanol–water partition coefficient (Wildman–Crippen LogP) is 5.58. The van der Waals surface area contributed by atoms with E-state index < -0.39 is 0 Å². The molecule has 1 aromatic heterocycles. The number of halogens is 2. The van der Waals surface area contributed by atoms with Crippen LogP contribution in [0.4, 0.5) is 0 Å². The summed E-state index contributed by atoms with van der Waals surface area (Å²) < 4.78 is 2.98. The van der Waals surface area contributed by atoms with Gasteiger partial charge in [0, 0.05) is 37.7 Å². The average Bonchev–Trinajstić information content (AvgIpc) is 2.91. The van der Waals surface area contributed by atoms with E-state index in [0.29, 0.717) is 10.6 Å². The smallest absolute Gasteiger partial charge is 0.271 e. The van der Waals surface area contributed by atoms with Crippen LogP contribution in [0.2, 0.25) is 5.02 Å². The van der Waals surface area contributed by atoms with Crippen molar-refractivity contribution in [2.24, 2.45) is 5.10 Å². The standard InChI is InChI=1S/C21H19BrClN3O/c1-13-7-8-19(23)11-20(13)26-14(2)9-17(15(26)3)12-24-25-21(27)16-5-4-6-18(22)10-16/h4-12H,1-3H3,(H,25,27)/b24-12-. The number of rotatable bonds is 4. The molecule has 0 unspecified atom stereocenters. The Labute approximate surface area is 172 Å². The van der Waals surface area contributed by atoms with Crippen molar-refractivity contribution in [3.63, 3.8) is 0 Å². The van der Waals surface area contributed by atoms with Crippen LogP contribution in [0.1, 0.15) is 32.9 Å². The van der Waals surface area contributed by atoms with Gasteiger partial charge in [-0.05, 0) is 62.7 Å². The lowest BCUT2D eigenvalue weighted by molar-refractivity contribution is 0.0955. The third kappa shape index (κ3) is 4.31. The molecule has 0 bridgehead atoms. The molecule has 1 amide bonds. The van der Waals surface area contributed by atoms with E-state index in [9.17, 15) is 4.79 Å². The molecule has 1 heterocycles. The lowest BCUT2D eigenvalue weighted by Gasteiger charge is -2.13. The summed E-state index contributed by atoms with van der Waals surface area (Å²) in [6.45, 7) is 6.10. The lowest BCUT2D eigenvalue weighted by atomic mass is 10.2. The number of carbonyl (C=O) groups excluding carboxylic acids is 1. The fourth-order valence-electron chi connectivity index (χ4n) is 2.97. The molecule has 27 heavy (non-hydrogen) atoms. The summed E-state index contributed by atoms with van der Waals surface area (Å²) in [5.74, 6) is -0.257. The van der Waals surface area contributed by atoms with Crippen LogP contribution in [-0.4, -0.2) is 16.7 Å². The largest absolute Gasteiger partial charge is 0.318 e. The summed E-state index contributed by atoms with van der Waals surface area (Å²) in [5, 5.41) is 4.81. The Bertz CT molecular complexity index is 1040. The highest BCUT2D eigenvalue weighted by Crippen LogP contribution is 2.25. The molecule has 0 saturated heterocycles. The number of hydrazone groups is 1. The summed E-state index contributed by atoms with van der Waals surface area (Å²) in [4.78, 5) is 12.2. The fraction of sp³-hybridized carbons (Fsp3) is 0.143. The molecule has 0 atom stereocenters. The lowest BCUT2D eigenvalue weighted by Crippen LogP contribution is -2.17. The molecule has 0 spiro atoms. The molecule has 1 N–H and O–H groups in total. The molecule has 0 aliphatic carbocycles. The molecule has 0 aliphatic rings. The average molecular weight is 445 g/mol. The number of hydrogen-bond donors (Lipinski definition) is 1. The zero-order valence-electron chi connectivity index (χ0n) is 15.3. The van der Waals surface area contributed by atoms with Crippen molar-refractivity contribution >= 4 is 39.7 Å². The second kappa shape index (κ2) is 8.11. The van der Waals surface area contributed by atoms with E-state index in [1.807, 2.05) is 50.2 Å². The van der Waals surface area contributed by atoms with Gasteiger partial charge in [-0.2, -0.15) is 5.10 Å². The minimum absolute atomic E-state index is 0.257. The van der Waals surface area contributed by atoms with Crippen LogP contribution in [-0.2, 0) is 0 Å². The second-order valence-electron chi connectivity index (χ2n) is 6.30. The molecule has 6 heteroatoms. The Kier molecular flexibility index (Phi) is 5.82. The van der Waals surface area contributed by atoms with Crippen molar-refractivity contribution in [3.8, 4) is 5.69 Å². The molecular formula is C21H19BrClN3O. The van der Waals surface area contributed by atoms with Gasteiger partial charge in [0.05, 0.1) is 6.21 Å². The Morgan fingerprint density at radius 3 is 2.67 bits per heavy atom. The highest BCUT2D eigenvalue weighted by molar-refractivity contribution is 9.10. The molecule has 3 aromatic rings. The van der Waals surface area contributed by atoms with Crippen LogP contribution < -0.4 is 5.43 Å². The van der Waals surface area contributed by atoms with Gasteiger partial charge in [0.1, 0.15) is 0 Å². The van der Waals surface area contributed by atoms with E-state index >= 15 is 0 Å². The zero-order valence-corrected chi connectivity index (χ0v) is 17.6. The maximum absolute atomic E-state index is 12.2. The number of nitrogens with zero attached hydrogens (tertiary/aromatic N) is 2. The van der Waals surface area contributed by atoms with Crippen molar-refractivity contribution < 1.29 is 4.79 Å². The molecule has 0 saturated carbocycles. The molecule has 0 radical (unpaired) electrons. The van der Waals surface area contributed by atoms with Crippen LogP contribution in [0.5, 0.6) is 0 Å². The number of hydrogen-bond acceptors (Lipinski definition) is 2. The van der Waals surface area contributed by atoms with Crippen molar-refractivity contribution in [3.05, 3.63) is 86.1 Å². The van der Waals surface area contributed by atoms with E-state index in [2.05, 4.69) is 37.9 Å². The molecule has 4 nitrogen and oxygen atoms in total. The predicted molar refractivity (Wildman–Crippen MR) is 114 cm³/mol. The quantitative estimate of drug-likeness (QED) is 0.414. The molecule has 0 aliphatic heterocycles. The van der Waals surface area contributed by atoms with Gasteiger partial charge in [-0.25, -0.2) is 5.43 Å². The maximum Gasteiger partial charge on any atom is 0.271 e. The Balaban J connectivity index is 1.83. The van der Waals surface area contributed by atoms with Crippen LogP contribution in [0.15, 0.2) is 58.1 Å². The summed E-state index contributed by atoms with van der Waals surface area (Å²) in [7, 11) is 0. The summed E-state index contributed by atoms with van der Waals surface area (Å²) in [5.41, 5.74) is 8.31. The minimum atomic E-state index is -0.257. The van der Waals surface area contributed by atoms with Gasteiger partial charge < -0.3 is 4.57 Å². The van der Waals surface area contributed by atoms with Crippen LogP contribution in [0, 0.1) is 20.8 Å². The van der Waals surface area contributed by atoms with E-state index in [-0.39, 0.29) is 5.91 Å². The maximum atomic E-state index is 12.2. The molecule has 138 valence electrons. The highest BCUT2D eigenvalue weighted by Gasteiger charge is 2.12. The van der Waals surface area contributed by atoms with E-state index in [0.717, 1.165) is 32.7 Å². The molecule has 2 aromatic carbocycles. The topological polar surface area (TPSA) is 46.4 Å². The normalized spacial score (nSPS) is 11.1. The van der Waals surface area contributed by atoms with E-state index in [1.54, 1.807) is 18.3 Å². The van der Waals surface area contributed by atoms with E-state index in [4.69, 9.17) is 11.6 Å². The Morgan fingerprint density at radius 1 is 1.15 bits per heavy atom. The van der Waals surface area contributed by atoms with Gasteiger partial charge in [0.25, 0.3) is 5.91 Å². The van der Waals surface area contributed by atoms with Gasteiger partial charge in [0.2, 0.25) is 0 Å². The molecule has 0 fully saturated rings. The second-order valence-corrected chi connectivity index (χ2v) is 7.65. The SMILES string of the molecule is Cc1ccc(Cl)cc1-n1c(C)cc(/C=N\NC(=O)c2cccc(Br)c2)c1C. The molecular weight excluding hydrogens is 426 g/mol. The van der Waals surface area contributed by atoms with Crippen LogP contribution in [0.3, 0.4) is 0 Å². The van der Waals surface area contributed by atoms with Gasteiger partial charge in [-0.3, -0.25) is 4.79 Å². The fourth-order valence-corrected chi connectivity index (χ4v) is 3.53. The van der Waals surface area contributed by atoms with Gasteiger partial charge in [0.15, 0.2) is 0 Å². The Morgan fingerprint density at radius 2 is 1.93 bits per heavy atom.